The summed E-state index contributed by atoms with van der Waals surface area (Å²) >= 11 is 1.07. The fraction of sp³-hybridized carbons (Fsp3) is 0.600. The largest absolute Gasteiger partial charge is 0.333 e. The number of nitrogens with zero attached hydrogens (tertiary/aromatic N) is 3. The van der Waals surface area contributed by atoms with Gasteiger partial charge < -0.3 is 5.32 Å². The molecule has 5 nitrogen and oxygen atoms in total. The Balaban J connectivity index is 2.13. The molecule has 1 saturated carbocycles. The lowest BCUT2D eigenvalue weighted by molar-refractivity contribution is 0.0924. The SMILES string of the molecule is Cc1nnsc1C(=O)NC1(C#N)CCCC1. The Kier molecular flexibility index (Phi) is 2.88. The number of nitriles is 1. The van der Waals surface area contributed by atoms with Crippen LogP contribution in [-0.2, 0) is 0 Å². The van der Waals surface area contributed by atoms with Crippen LogP contribution in [0.25, 0.3) is 0 Å². The van der Waals surface area contributed by atoms with E-state index in [1.54, 1.807) is 6.92 Å². The van der Waals surface area contributed by atoms with E-state index in [1.807, 2.05) is 0 Å². The predicted molar refractivity (Wildman–Crippen MR) is 58.9 cm³/mol. The standard InChI is InChI=1S/C10H12N4OS/c1-7-8(16-14-13-7)9(15)12-10(6-11)4-2-3-5-10/h2-5H2,1H3,(H,12,15). The van der Waals surface area contributed by atoms with Crippen LogP contribution in [0.4, 0.5) is 0 Å². The van der Waals surface area contributed by atoms with Gasteiger partial charge in [-0.05, 0) is 44.1 Å². The predicted octanol–water partition coefficient (Wildman–Crippen LogP) is 1.41. The highest BCUT2D eigenvalue weighted by Gasteiger charge is 2.36. The van der Waals surface area contributed by atoms with E-state index < -0.39 is 5.54 Å². The molecule has 1 fully saturated rings. The zero-order valence-corrected chi connectivity index (χ0v) is 9.80. The number of nitrogens with one attached hydrogen (secondary N) is 1. The van der Waals surface area contributed by atoms with Crippen LogP contribution in [0, 0.1) is 18.3 Å². The average Bonchev–Trinajstić information content (AvgIpc) is 2.87. The Morgan fingerprint density at radius 3 is 2.75 bits per heavy atom. The molecule has 16 heavy (non-hydrogen) atoms. The molecule has 0 aliphatic heterocycles. The molecule has 1 aliphatic carbocycles. The molecule has 1 amide bonds. The molecule has 0 aromatic carbocycles. The maximum Gasteiger partial charge on any atom is 0.266 e. The molecular weight excluding hydrogens is 224 g/mol. The van der Waals surface area contributed by atoms with Gasteiger partial charge in [0.1, 0.15) is 10.4 Å². The fourth-order valence-corrected chi connectivity index (χ4v) is 2.51. The number of aryl methyl sites for hydroxylation is 1. The maximum absolute atomic E-state index is 11.9. The van der Waals surface area contributed by atoms with Gasteiger partial charge in [0, 0.05) is 0 Å². The molecule has 1 aromatic heterocycles. The first-order valence-electron chi connectivity index (χ1n) is 5.20. The number of rotatable bonds is 2. The lowest BCUT2D eigenvalue weighted by Gasteiger charge is -2.21. The van der Waals surface area contributed by atoms with Gasteiger partial charge in [0.25, 0.3) is 5.91 Å². The summed E-state index contributed by atoms with van der Waals surface area (Å²) in [6, 6.07) is 2.22. The summed E-state index contributed by atoms with van der Waals surface area (Å²) in [5, 5.41) is 15.7. The molecule has 0 radical (unpaired) electrons. The molecule has 84 valence electrons. The second kappa shape index (κ2) is 4.18. The van der Waals surface area contributed by atoms with Crippen molar-refractivity contribution in [3.63, 3.8) is 0 Å². The van der Waals surface area contributed by atoms with Gasteiger partial charge in [-0.1, -0.05) is 4.49 Å². The molecule has 0 spiro atoms. The highest BCUT2D eigenvalue weighted by molar-refractivity contribution is 7.08. The highest BCUT2D eigenvalue weighted by Crippen LogP contribution is 2.29. The van der Waals surface area contributed by atoms with E-state index in [0.29, 0.717) is 10.6 Å². The Bertz CT molecular complexity index is 442. The van der Waals surface area contributed by atoms with E-state index in [-0.39, 0.29) is 5.91 Å². The minimum Gasteiger partial charge on any atom is -0.333 e. The molecule has 0 bridgehead atoms. The minimum absolute atomic E-state index is 0.226. The lowest BCUT2D eigenvalue weighted by atomic mass is 10.00. The van der Waals surface area contributed by atoms with Crippen molar-refractivity contribution < 1.29 is 4.79 Å². The first-order chi connectivity index (χ1) is 7.67. The van der Waals surface area contributed by atoms with Crippen molar-refractivity contribution in [3.8, 4) is 6.07 Å². The van der Waals surface area contributed by atoms with Crippen LogP contribution < -0.4 is 5.32 Å². The first kappa shape index (κ1) is 11.0. The molecule has 1 N–H and O–H groups in total. The van der Waals surface area contributed by atoms with Gasteiger partial charge in [0.15, 0.2) is 0 Å². The number of hydrogen-bond acceptors (Lipinski definition) is 5. The van der Waals surface area contributed by atoms with Crippen molar-refractivity contribution in [1.29, 1.82) is 5.26 Å². The summed E-state index contributed by atoms with van der Waals surface area (Å²) in [5.41, 5.74) is -0.0540. The van der Waals surface area contributed by atoms with Crippen molar-refractivity contribution in [2.24, 2.45) is 0 Å². The molecule has 2 rings (SSSR count). The smallest absolute Gasteiger partial charge is 0.266 e. The maximum atomic E-state index is 11.9. The number of carbonyl (C=O) groups is 1. The molecule has 6 heteroatoms. The second-order valence-corrected chi connectivity index (χ2v) is 4.80. The monoisotopic (exact) mass is 236 g/mol. The lowest BCUT2D eigenvalue weighted by Crippen LogP contribution is -2.45. The summed E-state index contributed by atoms with van der Waals surface area (Å²) in [4.78, 5) is 12.4. The van der Waals surface area contributed by atoms with Crippen molar-refractivity contribution in [2.45, 2.75) is 38.1 Å². The first-order valence-corrected chi connectivity index (χ1v) is 5.97. The third-order valence-corrected chi connectivity index (χ3v) is 3.71. The third kappa shape index (κ3) is 1.91. The average molecular weight is 236 g/mol. The Morgan fingerprint density at radius 2 is 2.25 bits per heavy atom. The van der Waals surface area contributed by atoms with Crippen LogP contribution in [0.3, 0.4) is 0 Å². The van der Waals surface area contributed by atoms with Gasteiger partial charge in [-0.15, -0.1) is 5.10 Å². The van der Waals surface area contributed by atoms with E-state index in [4.69, 9.17) is 5.26 Å². The van der Waals surface area contributed by atoms with E-state index in [2.05, 4.69) is 21.0 Å². The van der Waals surface area contributed by atoms with Crippen LogP contribution in [0.15, 0.2) is 0 Å². The minimum atomic E-state index is -0.673. The van der Waals surface area contributed by atoms with E-state index in [0.717, 1.165) is 37.2 Å². The fourth-order valence-electron chi connectivity index (χ4n) is 1.96. The van der Waals surface area contributed by atoms with Crippen LogP contribution in [0.2, 0.25) is 0 Å². The molecule has 0 atom stereocenters. The van der Waals surface area contributed by atoms with Crippen LogP contribution in [0.5, 0.6) is 0 Å². The van der Waals surface area contributed by atoms with Crippen molar-refractivity contribution in [1.82, 2.24) is 14.9 Å². The zero-order chi connectivity index (χ0) is 11.6. The summed E-state index contributed by atoms with van der Waals surface area (Å²) in [5.74, 6) is -0.226. The second-order valence-electron chi connectivity index (χ2n) is 4.04. The summed E-state index contributed by atoms with van der Waals surface area (Å²) < 4.78 is 3.71. The van der Waals surface area contributed by atoms with Gasteiger partial charge >= 0.3 is 0 Å². The number of carbonyl (C=O) groups excluding carboxylic acids is 1. The van der Waals surface area contributed by atoms with Crippen LogP contribution in [-0.4, -0.2) is 21.0 Å². The van der Waals surface area contributed by atoms with Gasteiger partial charge in [-0.2, -0.15) is 5.26 Å². The number of aromatic nitrogens is 2. The van der Waals surface area contributed by atoms with Crippen molar-refractivity contribution in [2.75, 3.05) is 0 Å². The summed E-state index contributed by atoms with van der Waals surface area (Å²) in [6.07, 6.45) is 3.46. The van der Waals surface area contributed by atoms with Crippen LogP contribution in [0.1, 0.15) is 41.0 Å². The Morgan fingerprint density at radius 1 is 1.56 bits per heavy atom. The summed E-state index contributed by atoms with van der Waals surface area (Å²) in [7, 11) is 0. The molecule has 1 heterocycles. The van der Waals surface area contributed by atoms with Crippen molar-refractivity contribution >= 4 is 17.4 Å². The van der Waals surface area contributed by atoms with Gasteiger partial charge in [-0.3, -0.25) is 4.79 Å². The Hall–Kier alpha value is -1.48. The van der Waals surface area contributed by atoms with Gasteiger partial charge in [0.05, 0.1) is 11.8 Å². The number of hydrogen-bond donors (Lipinski definition) is 1. The van der Waals surface area contributed by atoms with E-state index >= 15 is 0 Å². The topological polar surface area (TPSA) is 78.7 Å². The molecule has 1 aliphatic rings. The molecular formula is C10H12N4OS. The molecule has 0 saturated heterocycles. The number of amides is 1. The summed E-state index contributed by atoms with van der Waals surface area (Å²) in [6.45, 7) is 1.74. The van der Waals surface area contributed by atoms with Gasteiger partial charge in [-0.25, -0.2) is 0 Å². The highest BCUT2D eigenvalue weighted by atomic mass is 32.1. The molecule has 1 aromatic rings. The third-order valence-electron chi connectivity index (χ3n) is 2.88. The van der Waals surface area contributed by atoms with Crippen LogP contribution >= 0.6 is 11.5 Å². The van der Waals surface area contributed by atoms with Gasteiger partial charge in [0.2, 0.25) is 0 Å². The van der Waals surface area contributed by atoms with E-state index in [1.165, 1.54) is 0 Å². The van der Waals surface area contributed by atoms with Crippen molar-refractivity contribution in [3.05, 3.63) is 10.6 Å². The normalized spacial score (nSPS) is 18.0. The van der Waals surface area contributed by atoms with E-state index in [9.17, 15) is 4.79 Å². The zero-order valence-electron chi connectivity index (χ0n) is 8.99. The quantitative estimate of drug-likeness (QED) is 0.842. The Labute approximate surface area is 97.6 Å². The molecule has 0 unspecified atom stereocenters.